The molecular formula is C15H14BrNS3. The number of hydrogen-bond acceptors (Lipinski definition) is 4. The van der Waals surface area contributed by atoms with Gasteiger partial charge in [-0.25, -0.2) is 0 Å². The van der Waals surface area contributed by atoms with Crippen LogP contribution in [0.3, 0.4) is 0 Å². The van der Waals surface area contributed by atoms with E-state index in [2.05, 4.69) is 68.4 Å². The fourth-order valence-corrected chi connectivity index (χ4v) is 5.27. The maximum atomic E-state index is 3.69. The second-order valence-corrected chi connectivity index (χ2v) is 8.88. The van der Waals surface area contributed by atoms with Gasteiger partial charge in [0.1, 0.15) is 0 Å². The molecule has 0 bridgehead atoms. The first-order chi connectivity index (χ1) is 9.83. The fraction of sp³-hybridized carbons (Fsp3) is 0.200. The Morgan fingerprint density at radius 1 is 1.00 bits per heavy atom. The standard InChI is InChI=1S/C15H14BrNS3/c16-14-6-5-11(20-14)7-8-17-15(12-3-1-9-18-12)13-4-2-10-19-13/h1-6,9-10,15,17H,7-8H2. The molecule has 0 saturated carbocycles. The molecule has 0 unspecified atom stereocenters. The summed E-state index contributed by atoms with van der Waals surface area (Å²) in [5.74, 6) is 0. The molecule has 3 aromatic rings. The number of hydrogen-bond donors (Lipinski definition) is 1. The van der Waals surface area contributed by atoms with E-state index in [0.29, 0.717) is 6.04 Å². The molecule has 3 rings (SSSR count). The van der Waals surface area contributed by atoms with Gasteiger partial charge in [-0.15, -0.1) is 34.0 Å². The second-order valence-electron chi connectivity index (χ2n) is 4.37. The van der Waals surface area contributed by atoms with Gasteiger partial charge >= 0.3 is 0 Å². The van der Waals surface area contributed by atoms with Crippen LogP contribution in [-0.2, 0) is 6.42 Å². The van der Waals surface area contributed by atoms with E-state index < -0.39 is 0 Å². The quantitative estimate of drug-likeness (QED) is 0.587. The zero-order valence-corrected chi connectivity index (χ0v) is 14.7. The van der Waals surface area contributed by atoms with Gasteiger partial charge in [0.15, 0.2) is 0 Å². The Labute approximate surface area is 139 Å². The summed E-state index contributed by atoms with van der Waals surface area (Å²) in [5, 5.41) is 7.99. The van der Waals surface area contributed by atoms with E-state index in [1.165, 1.54) is 18.4 Å². The molecule has 0 aliphatic rings. The Bertz CT molecular complexity index is 594. The van der Waals surface area contributed by atoms with Crippen LogP contribution in [0.25, 0.3) is 0 Å². The number of thiophene rings is 3. The van der Waals surface area contributed by atoms with Gasteiger partial charge in [-0.05, 0) is 57.4 Å². The Hall–Kier alpha value is -0.460. The molecule has 104 valence electrons. The molecule has 3 heterocycles. The van der Waals surface area contributed by atoms with Crippen LogP contribution in [0.4, 0.5) is 0 Å². The van der Waals surface area contributed by atoms with Crippen LogP contribution in [0.15, 0.2) is 50.9 Å². The molecule has 0 fully saturated rings. The molecule has 20 heavy (non-hydrogen) atoms. The Morgan fingerprint density at radius 2 is 1.70 bits per heavy atom. The maximum absolute atomic E-state index is 3.69. The van der Waals surface area contributed by atoms with Gasteiger partial charge in [0.2, 0.25) is 0 Å². The Morgan fingerprint density at radius 3 is 2.20 bits per heavy atom. The summed E-state index contributed by atoms with van der Waals surface area (Å²) in [6.07, 6.45) is 1.07. The lowest BCUT2D eigenvalue weighted by atomic mass is 10.2. The lowest BCUT2D eigenvalue weighted by molar-refractivity contribution is 0.623. The topological polar surface area (TPSA) is 12.0 Å². The molecule has 3 aromatic heterocycles. The molecule has 5 heteroatoms. The number of rotatable bonds is 6. The molecule has 0 saturated heterocycles. The molecule has 0 aromatic carbocycles. The second kappa shape index (κ2) is 7.00. The third kappa shape index (κ3) is 3.59. The van der Waals surface area contributed by atoms with Crippen molar-refractivity contribution in [3.8, 4) is 0 Å². The van der Waals surface area contributed by atoms with Crippen molar-refractivity contribution in [1.29, 1.82) is 0 Å². The summed E-state index contributed by atoms with van der Waals surface area (Å²) in [5.41, 5.74) is 0. The molecule has 0 aliphatic carbocycles. The molecule has 0 aliphatic heterocycles. The summed E-state index contributed by atoms with van der Waals surface area (Å²) < 4.78 is 1.21. The molecule has 0 radical (unpaired) electrons. The molecule has 0 spiro atoms. The highest BCUT2D eigenvalue weighted by Gasteiger charge is 2.15. The van der Waals surface area contributed by atoms with Crippen LogP contribution >= 0.6 is 49.9 Å². The van der Waals surface area contributed by atoms with Gasteiger partial charge in [0.25, 0.3) is 0 Å². The van der Waals surface area contributed by atoms with E-state index in [0.717, 1.165) is 13.0 Å². The van der Waals surface area contributed by atoms with Crippen LogP contribution in [0.2, 0.25) is 0 Å². The summed E-state index contributed by atoms with van der Waals surface area (Å²) in [7, 11) is 0. The average Bonchev–Trinajstić information content (AvgIpc) is 3.18. The fourth-order valence-electron chi connectivity index (χ4n) is 2.08. The Balaban J connectivity index is 1.65. The van der Waals surface area contributed by atoms with E-state index >= 15 is 0 Å². The minimum absolute atomic E-state index is 0.332. The van der Waals surface area contributed by atoms with E-state index in [4.69, 9.17) is 0 Å². The van der Waals surface area contributed by atoms with Crippen molar-refractivity contribution in [3.05, 3.63) is 65.6 Å². The third-order valence-electron chi connectivity index (χ3n) is 3.00. The summed E-state index contributed by atoms with van der Waals surface area (Å²) in [6, 6.07) is 13.3. The lowest BCUT2D eigenvalue weighted by Gasteiger charge is -2.15. The molecule has 0 atom stereocenters. The monoisotopic (exact) mass is 383 g/mol. The van der Waals surface area contributed by atoms with Crippen LogP contribution in [0.5, 0.6) is 0 Å². The van der Waals surface area contributed by atoms with Crippen molar-refractivity contribution >= 4 is 49.9 Å². The van der Waals surface area contributed by atoms with Gasteiger partial charge in [-0.2, -0.15) is 0 Å². The third-order valence-corrected chi connectivity index (χ3v) is 6.56. The summed E-state index contributed by atoms with van der Waals surface area (Å²) >= 11 is 8.97. The van der Waals surface area contributed by atoms with E-state index in [9.17, 15) is 0 Å². The van der Waals surface area contributed by atoms with Crippen LogP contribution < -0.4 is 5.32 Å². The van der Waals surface area contributed by atoms with Crippen molar-refractivity contribution in [1.82, 2.24) is 5.32 Å². The van der Waals surface area contributed by atoms with Crippen molar-refractivity contribution in [2.75, 3.05) is 6.54 Å². The average molecular weight is 384 g/mol. The zero-order valence-electron chi connectivity index (χ0n) is 10.7. The smallest absolute Gasteiger partial charge is 0.0764 e. The van der Waals surface area contributed by atoms with Crippen LogP contribution in [-0.4, -0.2) is 6.54 Å². The first-order valence-corrected chi connectivity index (χ1v) is 9.74. The summed E-state index contributed by atoms with van der Waals surface area (Å²) in [4.78, 5) is 4.19. The predicted molar refractivity (Wildman–Crippen MR) is 94.2 cm³/mol. The first kappa shape index (κ1) is 14.5. The van der Waals surface area contributed by atoms with Crippen LogP contribution in [0, 0.1) is 0 Å². The van der Waals surface area contributed by atoms with Gasteiger partial charge in [-0.3, -0.25) is 0 Å². The lowest BCUT2D eigenvalue weighted by Crippen LogP contribution is -2.23. The van der Waals surface area contributed by atoms with E-state index in [1.807, 2.05) is 34.0 Å². The molecule has 0 amide bonds. The molecule has 1 nitrogen and oxygen atoms in total. The number of nitrogens with one attached hydrogen (secondary N) is 1. The maximum Gasteiger partial charge on any atom is 0.0764 e. The van der Waals surface area contributed by atoms with Crippen molar-refractivity contribution in [3.63, 3.8) is 0 Å². The van der Waals surface area contributed by atoms with Crippen molar-refractivity contribution in [2.45, 2.75) is 12.5 Å². The minimum atomic E-state index is 0.332. The normalized spacial score (nSPS) is 11.3. The summed E-state index contributed by atoms with van der Waals surface area (Å²) in [6.45, 7) is 0.993. The highest BCUT2D eigenvalue weighted by atomic mass is 79.9. The van der Waals surface area contributed by atoms with E-state index in [1.54, 1.807) is 0 Å². The highest BCUT2D eigenvalue weighted by molar-refractivity contribution is 9.11. The SMILES string of the molecule is Brc1ccc(CCNC(c2cccs2)c2cccs2)s1. The van der Waals surface area contributed by atoms with Crippen molar-refractivity contribution in [2.24, 2.45) is 0 Å². The van der Waals surface area contributed by atoms with Crippen molar-refractivity contribution < 1.29 is 0 Å². The van der Waals surface area contributed by atoms with Gasteiger partial charge in [-0.1, -0.05) is 12.1 Å². The Kier molecular flexibility index (Phi) is 5.07. The van der Waals surface area contributed by atoms with Gasteiger partial charge < -0.3 is 5.32 Å². The van der Waals surface area contributed by atoms with Crippen LogP contribution in [0.1, 0.15) is 20.7 Å². The largest absolute Gasteiger partial charge is 0.305 e. The van der Waals surface area contributed by atoms with Gasteiger partial charge in [0, 0.05) is 21.2 Å². The highest BCUT2D eigenvalue weighted by Crippen LogP contribution is 2.29. The minimum Gasteiger partial charge on any atom is -0.305 e. The predicted octanol–water partition coefficient (Wildman–Crippen LogP) is 5.56. The molecule has 1 N–H and O–H groups in total. The first-order valence-electron chi connectivity index (χ1n) is 6.37. The van der Waals surface area contributed by atoms with Gasteiger partial charge in [0.05, 0.1) is 9.83 Å². The zero-order chi connectivity index (χ0) is 13.8. The molecular weight excluding hydrogens is 370 g/mol. The number of halogens is 1. The van der Waals surface area contributed by atoms with E-state index in [-0.39, 0.29) is 0 Å².